The Balaban J connectivity index is 2.10. The zero-order valence-corrected chi connectivity index (χ0v) is 15.0. The molecule has 0 aliphatic carbocycles. The summed E-state index contributed by atoms with van der Waals surface area (Å²) in [5.41, 5.74) is 0.0827. The van der Waals surface area contributed by atoms with Crippen molar-refractivity contribution in [2.45, 2.75) is 19.5 Å². The summed E-state index contributed by atoms with van der Waals surface area (Å²) in [5, 5.41) is 0. The van der Waals surface area contributed by atoms with Crippen LogP contribution in [0.1, 0.15) is 23.7 Å². The van der Waals surface area contributed by atoms with Crippen LogP contribution in [0.2, 0.25) is 0 Å². The van der Waals surface area contributed by atoms with Crippen molar-refractivity contribution in [3.8, 4) is 11.6 Å². The smallest absolute Gasteiger partial charge is 0.406 e. The number of halogens is 4. The number of pyridine rings is 1. The fourth-order valence-electron chi connectivity index (χ4n) is 2.14. The normalized spacial score (nSPS) is 11.2. The van der Waals surface area contributed by atoms with Gasteiger partial charge in [-0.05, 0) is 30.7 Å². The Hall–Kier alpha value is -2.09. The summed E-state index contributed by atoms with van der Waals surface area (Å²) in [4.78, 5) is 17.0. The van der Waals surface area contributed by atoms with Crippen molar-refractivity contribution in [3.63, 3.8) is 0 Å². The van der Waals surface area contributed by atoms with Crippen LogP contribution in [0.3, 0.4) is 0 Å². The van der Waals surface area contributed by atoms with E-state index in [4.69, 9.17) is 4.74 Å². The van der Waals surface area contributed by atoms with E-state index < -0.39 is 18.6 Å². The van der Waals surface area contributed by atoms with Gasteiger partial charge in [-0.3, -0.25) is 4.79 Å². The van der Waals surface area contributed by atoms with E-state index in [1.807, 2.05) is 6.07 Å². The van der Waals surface area contributed by atoms with E-state index in [0.29, 0.717) is 12.2 Å². The predicted molar refractivity (Wildman–Crippen MR) is 90.7 cm³/mol. The SMILES string of the molecule is CCCN(CC(F)(F)F)C(=O)c1ccc(Oc2cccc(Br)c2)nc1. The van der Waals surface area contributed by atoms with Gasteiger partial charge in [0.15, 0.2) is 0 Å². The molecule has 1 heterocycles. The standard InChI is InChI=1S/C17H16BrF3N2O2/c1-2-8-23(11-17(19,20)21)16(24)12-6-7-15(22-10-12)25-14-5-3-4-13(18)9-14/h3-7,9-10H,2,8,11H2,1H3. The van der Waals surface area contributed by atoms with Crippen LogP contribution in [-0.2, 0) is 0 Å². The fraction of sp³-hybridized carbons (Fsp3) is 0.294. The van der Waals surface area contributed by atoms with Crippen molar-refractivity contribution >= 4 is 21.8 Å². The summed E-state index contributed by atoms with van der Waals surface area (Å²) in [7, 11) is 0. The highest BCUT2D eigenvalue weighted by Crippen LogP contribution is 2.23. The van der Waals surface area contributed by atoms with E-state index in [1.165, 1.54) is 18.3 Å². The minimum Gasteiger partial charge on any atom is -0.439 e. The summed E-state index contributed by atoms with van der Waals surface area (Å²) in [6, 6.07) is 9.96. The molecule has 0 aliphatic rings. The molecule has 134 valence electrons. The minimum absolute atomic E-state index is 0.0225. The lowest BCUT2D eigenvalue weighted by atomic mass is 10.2. The third-order valence-electron chi connectivity index (χ3n) is 3.15. The third kappa shape index (κ3) is 6.04. The van der Waals surface area contributed by atoms with Crippen molar-refractivity contribution < 1.29 is 22.7 Å². The highest BCUT2D eigenvalue weighted by Gasteiger charge is 2.33. The van der Waals surface area contributed by atoms with Gasteiger partial charge in [0.05, 0.1) is 5.56 Å². The largest absolute Gasteiger partial charge is 0.439 e. The predicted octanol–water partition coefficient (Wildman–Crippen LogP) is 5.05. The molecular formula is C17H16BrF3N2O2. The first kappa shape index (κ1) is 19.2. The average molecular weight is 417 g/mol. The molecule has 4 nitrogen and oxygen atoms in total. The zero-order chi connectivity index (χ0) is 18.4. The van der Waals surface area contributed by atoms with Gasteiger partial charge in [-0.15, -0.1) is 0 Å². The molecule has 1 amide bonds. The number of amides is 1. The number of carbonyl (C=O) groups is 1. The number of hydrogen-bond acceptors (Lipinski definition) is 3. The van der Waals surface area contributed by atoms with Gasteiger partial charge in [0.2, 0.25) is 5.88 Å². The Kier molecular flexibility index (Phi) is 6.41. The van der Waals surface area contributed by atoms with Crippen LogP contribution in [0.5, 0.6) is 11.6 Å². The monoisotopic (exact) mass is 416 g/mol. The van der Waals surface area contributed by atoms with E-state index >= 15 is 0 Å². The Labute approximate surface area is 151 Å². The van der Waals surface area contributed by atoms with Crippen LogP contribution in [-0.4, -0.2) is 35.1 Å². The second-order valence-corrected chi connectivity index (χ2v) is 6.20. The molecule has 1 aromatic carbocycles. The Morgan fingerprint density at radius 1 is 1.28 bits per heavy atom. The van der Waals surface area contributed by atoms with Crippen LogP contribution in [0.25, 0.3) is 0 Å². The van der Waals surface area contributed by atoms with E-state index in [9.17, 15) is 18.0 Å². The van der Waals surface area contributed by atoms with Gasteiger partial charge in [-0.2, -0.15) is 13.2 Å². The molecule has 0 bridgehead atoms. The molecule has 8 heteroatoms. The Morgan fingerprint density at radius 2 is 2.04 bits per heavy atom. The fourth-order valence-corrected chi connectivity index (χ4v) is 2.52. The molecule has 0 N–H and O–H groups in total. The number of carbonyl (C=O) groups excluding carboxylic acids is 1. The molecule has 1 aromatic heterocycles. The summed E-state index contributed by atoms with van der Waals surface area (Å²) in [5.74, 6) is 0.0822. The van der Waals surface area contributed by atoms with Crippen molar-refractivity contribution in [2.24, 2.45) is 0 Å². The van der Waals surface area contributed by atoms with Gasteiger partial charge in [0.25, 0.3) is 5.91 Å². The number of rotatable bonds is 6. The van der Waals surface area contributed by atoms with Crippen molar-refractivity contribution in [3.05, 3.63) is 52.6 Å². The van der Waals surface area contributed by atoms with E-state index in [1.54, 1.807) is 25.1 Å². The van der Waals surface area contributed by atoms with Crippen LogP contribution >= 0.6 is 15.9 Å². The van der Waals surface area contributed by atoms with Gasteiger partial charge in [0.1, 0.15) is 12.3 Å². The number of hydrogen-bond donors (Lipinski definition) is 0. The van der Waals surface area contributed by atoms with E-state index in [2.05, 4.69) is 20.9 Å². The molecule has 0 aliphatic heterocycles. The summed E-state index contributed by atoms with van der Waals surface area (Å²) < 4.78 is 44.2. The first-order valence-electron chi connectivity index (χ1n) is 7.54. The molecule has 0 fully saturated rings. The topological polar surface area (TPSA) is 42.4 Å². The first-order valence-corrected chi connectivity index (χ1v) is 8.33. The maximum absolute atomic E-state index is 12.6. The highest BCUT2D eigenvalue weighted by atomic mass is 79.9. The average Bonchev–Trinajstić information content (AvgIpc) is 2.53. The summed E-state index contributed by atoms with van der Waals surface area (Å²) in [6.07, 6.45) is -2.80. The van der Waals surface area contributed by atoms with Gasteiger partial charge < -0.3 is 9.64 Å². The lowest BCUT2D eigenvalue weighted by Gasteiger charge is -2.23. The van der Waals surface area contributed by atoms with E-state index in [-0.39, 0.29) is 18.0 Å². The third-order valence-corrected chi connectivity index (χ3v) is 3.65. The van der Waals surface area contributed by atoms with Crippen molar-refractivity contribution in [1.29, 1.82) is 0 Å². The molecule has 0 spiro atoms. The maximum Gasteiger partial charge on any atom is 0.406 e. The second-order valence-electron chi connectivity index (χ2n) is 5.29. The van der Waals surface area contributed by atoms with Gasteiger partial charge in [-0.25, -0.2) is 4.98 Å². The lowest BCUT2D eigenvalue weighted by molar-refractivity contribution is -0.140. The van der Waals surface area contributed by atoms with Crippen molar-refractivity contribution in [2.75, 3.05) is 13.1 Å². The quantitative estimate of drug-likeness (QED) is 0.661. The second kappa shape index (κ2) is 8.33. The molecule has 0 unspecified atom stereocenters. The van der Waals surface area contributed by atoms with Crippen molar-refractivity contribution in [1.82, 2.24) is 9.88 Å². The molecule has 0 radical (unpaired) electrons. The van der Waals surface area contributed by atoms with Crippen LogP contribution in [0.4, 0.5) is 13.2 Å². The molecule has 0 saturated carbocycles. The Bertz CT molecular complexity index is 721. The van der Waals surface area contributed by atoms with Crippen LogP contribution in [0, 0.1) is 0 Å². The summed E-state index contributed by atoms with van der Waals surface area (Å²) >= 11 is 3.32. The van der Waals surface area contributed by atoms with Gasteiger partial charge >= 0.3 is 6.18 Å². The number of nitrogens with zero attached hydrogens (tertiary/aromatic N) is 2. The minimum atomic E-state index is -4.44. The highest BCUT2D eigenvalue weighted by molar-refractivity contribution is 9.10. The van der Waals surface area contributed by atoms with Gasteiger partial charge in [0, 0.05) is 23.3 Å². The molecule has 2 rings (SSSR count). The van der Waals surface area contributed by atoms with Gasteiger partial charge in [-0.1, -0.05) is 28.9 Å². The number of benzene rings is 1. The molecular weight excluding hydrogens is 401 g/mol. The molecule has 0 saturated heterocycles. The number of alkyl halides is 3. The van der Waals surface area contributed by atoms with Crippen LogP contribution in [0.15, 0.2) is 47.1 Å². The lowest BCUT2D eigenvalue weighted by Crippen LogP contribution is -2.39. The molecule has 25 heavy (non-hydrogen) atoms. The summed E-state index contributed by atoms with van der Waals surface area (Å²) in [6.45, 7) is 0.453. The Morgan fingerprint density at radius 3 is 2.60 bits per heavy atom. The van der Waals surface area contributed by atoms with Crippen LogP contribution < -0.4 is 4.74 Å². The first-order chi connectivity index (χ1) is 11.8. The number of ether oxygens (including phenoxy) is 1. The zero-order valence-electron chi connectivity index (χ0n) is 13.4. The number of aromatic nitrogens is 1. The molecule has 2 aromatic rings. The van der Waals surface area contributed by atoms with E-state index in [0.717, 1.165) is 9.37 Å². The maximum atomic E-state index is 12.6. The molecule has 0 atom stereocenters.